The fraction of sp³-hybridized carbons (Fsp3) is 0.273. The van der Waals surface area contributed by atoms with Crippen molar-refractivity contribution in [1.29, 1.82) is 0 Å². The number of carbonyl (C=O) groups is 4. The topological polar surface area (TPSA) is 123 Å². The quantitative estimate of drug-likeness (QED) is 0.176. The van der Waals surface area contributed by atoms with E-state index in [1.807, 2.05) is 0 Å². The molecule has 0 aliphatic carbocycles. The van der Waals surface area contributed by atoms with E-state index in [0.29, 0.717) is 0 Å². The van der Waals surface area contributed by atoms with Gasteiger partial charge in [0.1, 0.15) is 5.88 Å². The van der Waals surface area contributed by atoms with Crippen LogP contribution in [0.5, 0.6) is 0 Å². The summed E-state index contributed by atoms with van der Waals surface area (Å²) < 4.78 is 9.87. The van der Waals surface area contributed by atoms with Gasteiger partial charge in [-0.25, -0.2) is 9.59 Å². The van der Waals surface area contributed by atoms with Gasteiger partial charge in [0.15, 0.2) is 5.78 Å². The van der Waals surface area contributed by atoms with Crippen molar-refractivity contribution in [1.82, 2.24) is 5.32 Å². The van der Waals surface area contributed by atoms with Gasteiger partial charge in [0.05, 0.1) is 29.5 Å². The minimum Gasteiger partial charge on any atom is -0.462 e. The molecule has 0 atom stereocenters. The molecule has 0 aliphatic heterocycles. The highest BCUT2D eigenvalue weighted by Gasteiger charge is 2.52. The molecule has 0 heterocycles. The Morgan fingerprint density at radius 2 is 1.45 bits per heavy atom. The Morgan fingerprint density at radius 3 is 2.00 bits per heavy atom. The van der Waals surface area contributed by atoms with Crippen molar-refractivity contribution in [2.24, 2.45) is 10.2 Å². The van der Waals surface area contributed by atoms with Gasteiger partial charge >= 0.3 is 17.6 Å². The number of hydrogen-bond acceptors (Lipinski definition) is 8. The normalized spacial score (nSPS) is 11.2. The lowest BCUT2D eigenvalue weighted by molar-refractivity contribution is -0.167. The van der Waals surface area contributed by atoms with Crippen LogP contribution in [0.4, 0.5) is 5.69 Å². The molecule has 0 saturated carbocycles. The summed E-state index contributed by atoms with van der Waals surface area (Å²) in [7, 11) is 0. The van der Waals surface area contributed by atoms with Gasteiger partial charge in [0.25, 0.3) is 0 Å². The summed E-state index contributed by atoms with van der Waals surface area (Å²) in [5.74, 6) is -4.37. The van der Waals surface area contributed by atoms with Crippen LogP contribution in [0.3, 0.4) is 0 Å². The van der Waals surface area contributed by atoms with Crippen LogP contribution in [-0.2, 0) is 23.9 Å². The van der Waals surface area contributed by atoms with E-state index in [2.05, 4.69) is 15.5 Å². The Kier molecular flexibility index (Phi) is 9.50. The Bertz CT molecular complexity index is 1060. The summed E-state index contributed by atoms with van der Waals surface area (Å²) in [6.07, 6.45) is 0. The molecule has 174 valence electrons. The van der Waals surface area contributed by atoms with E-state index in [0.717, 1.165) is 0 Å². The van der Waals surface area contributed by atoms with Gasteiger partial charge in [-0.2, -0.15) is 5.11 Å². The third kappa shape index (κ3) is 6.15. The number of ether oxygens (including phenoxy) is 2. The molecule has 9 nitrogen and oxygen atoms in total. The number of azo groups is 1. The van der Waals surface area contributed by atoms with E-state index >= 15 is 0 Å². The first-order valence-corrected chi connectivity index (χ1v) is 10.7. The van der Waals surface area contributed by atoms with Gasteiger partial charge in [-0.15, -0.1) is 16.7 Å². The molecule has 0 bridgehead atoms. The molecule has 0 aromatic heterocycles. The summed E-state index contributed by atoms with van der Waals surface area (Å²) in [6.45, 7) is 2.78. The summed E-state index contributed by atoms with van der Waals surface area (Å²) in [6, 6.07) is 12.5. The van der Waals surface area contributed by atoms with Crippen LogP contribution >= 0.6 is 23.2 Å². The van der Waals surface area contributed by atoms with E-state index < -0.39 is 35.2 Å². The van der Waals surface area contributed by atoms with Crippen LogP contribution in [0, 0.1) is 0 Å². The molecule has 11 heteroatoms. The zero-order valence-corrected chi connectivity index (χ0v) is 19.4. The largest absolute Gasteiger partial charge is 0.462 e. The van der Waals surface area contributed by atoms with Crippen molar-refractivity contribution in [2.45, 2.75) is 19.5 Å². The monoisotopic (exact) mass is 493 g/mol. The van der Waals surface area contributed by atoms with E-state index in [1.54, 1.807) is 36.4 Å². The third-order valence-corrected chi connectivity index (χ3v) is 4.73. The maximum Gasteiger partial charge on any atom is 0.369 e. The van der Waals surface area contributed by atoms with Crippen LogP contribution < -0.4 is 5.32 Å². The van der Waals surface area contributed by atoms with E-state index in [-0.39, 0.29) is 35.1 Å². The predicted octanol–water partition coefficient (Wildman–Crippen LogP) is 3.83. The van der Waals surface area contributed by atoms with Crippen molar-refractivity contribution < 1.29 is 28.7 Å². The highest BCUT2D eigenvalue weighted by atomic mass is 35.5. The van der Waals surface area contributed by atoms with Crippen molar-refractivity contribution in [2.75, 3.05) is 19.1 Å². The number of benzene rings is 2. The van der Waals surface area contributed by atoms with Crippen molar-refractivity contribution in [3.8, 4) is 0 Å². The maximum absolute atomic E-state index is 13.1. The number of rotatable bonds is 10. The molecule has 0 radical (unpaired) electrons. The van der Waals surface area contributed by atoms with E-state index in [9.17, 15) is 19.2 Å². The van der Waals surface area contributed by atoms with Gasteiger partial charge < -0.3 is 14.8 Å². The van der Waals surface area contributed by atoms with E-state index in [1.165, 1.54) is 26.0 Å². The van der Waals surface area contributed by atoms with Gasteiger partial charge in [-0.05, 0) is 38.1 Å². The SMILES string of the molecule is CCOC(=O)C(N=Nc1ccccc1C(=O)c1ccccc1Cl)(NC(=O)CCl)C(=O)OCC. The Hall–Kier alpha value is -3.30. The Balaban J connectivity index is 2.60. The molecule has 2 aromatic rings. The molecule has 0 unspecified atom stereocenters. The number of amides is 1. The van der Waals surface area contributed by atoms with Crippen LogP contribution in [0.2, 0.25) is 5.02 Å². The number of nitrogens with zero attached hydrogens (tertiary/aromatic N) is 2. The van der Waals surface area contributed by atoms with Crippen LogP contribution in [0.15, 0.2) is 58.8 Å². The number of halogens is 2. The molecule has 33 heavy (non-hydrogen) atoms. The maximum atomic E-state index is 13.1. The molecule has 0 saturated heterocycles. The Morgan fingerprint density at radius 1 is 0.909 bits per heavy atom. The number of nitrogens with one attached hydrogen (secondary N) is 1. The van der Waals surface area contributed by atoms with Gasteiger partial charge in [-0.1, -0.05) is 35.9 Å². The minimum absolute atomic E-state index is 0.0144. The van der Waals surface area contributed by atoms with Crippen LogP contribution in [0.25, 0.3) is 0 Å². The average molecular weight is 494 g/mol. The zero-order chi connectivity index (χ0) is 24.4. The van der Waals surface area contributed by atoms with Gasteiger partial charge in [0.2, 0.25) is 5.91 Å². The van der Waals surface area contributed by atoms with Gasteiger partial charge in [0, 0.05) is 5.56 Å². The van der Waals surface area contributed by atoms with Crippen LogP contribution in [0.1, 0.15) is 29.8 Å². The van der Waals surface area contributed by atoms with E-state index in [4.69, 9.17) is 32.7 Å². The third-order valence-electron chi connectivity index (χ3n) is 4.16. The standard InChI is InChI=1S/C22H21Cl2N3O6/c1-3-32-20(30)22(21(31)33-4-2,25-18(28)13-23)27-26-17-12-8-6-10-15(17)19(29)14-9-5-7-11-16(14)24/h5-12H,3-4,13H2,1-2H3,(H,25,28). The Labute approximate surface area is 200 Å². The predicted molar refractivity (Wildman–Crippen MR) is 121 cm³/mol. The fourth-order valence-corrected chi connectivity index (χ4v) is 2.96. The van der Waals surface area contributed by atoms with Crippen molar-refractivity contribution >= 4 is 52.5 Å². The molecular formula is C22H21Cl2N3O6. The molecule has 0 aliphatic rings. The second kappa shape index (κ2) is 12.1. The molecule has 2 rings (SSSR count). The number of hydrogen-bond donors (Lipinski definition) is 1. The summed E-state index contributed by atoms with van der Waals surface area (Å²) >= 11 is 11.7. The smallest absolute Gasteiger partial charge is 0.369 e. The summed E-state index contributed by atoms with van der Waals surface area (Å²) in [5.41, 5.74) is -2.32. The number of alkyl halides is 1. The molecular weight excluding hydrogens is 473 g/mol. The average Bonchev–Trinajstić information content (AvgIpc) is 2.82. The summed E-state index contributed by atoms with van der Waals surface area (Å²) in [5, 5.41) is 10.1. The molecule has 0 spiro atoms. The first kappa shape index (κ1) is 26.0. The molecule has 2 aromatic carbocycles. The lowest BCUT2D eigenvalue weighted by Crippen LogP contribution is -2.60. The number of esters is 2. The zero-order valence-electron chi connectivity index (χ0n) is 17.8. The lowest BCUT2D eigenvalue weighted by Gasteiger charge is -2.24. The second-order valence-corrected chi connectivity index (χ2v) is 7.03. The van der Waals surface area contributed by atoms with Crippen LogP contribution in [-0.4, -0.2) is 48.4 Å². The summed E-state index contributed by atoms with van der Waals surface area (Å²) in [4.78, 5) is 50.5. The van der Waals surface area contributed by atoms with Crippen molar-refractivity contribution in [3.63, 3.8) is 0 Å². The first-order chi connectivity index (χ1) is 15.8. The second-order valence-electron chi connectivity index (χ2n) is 6.36. The van der Waals surface area contributed by atoms with Gasteiger partial charge in [-0.3, -0.25) is 9.59 Å². The first-order valence-electron chi connectivity index (χ1n) is 9.83. The number of ketones is 1. The highest BCUT2D eigenvalue weighted by Crippen LogP contribution is 2.27. The van der Waals surface area contributed by atoms with Crippen molar-refractivity contribution in [3.05, 3.63) is 64.7 Å². The molecule has 0 fully saturated rings. The molecule has 1 amide bonds. The molecule has 1 N–H and O–H groups in total. The highest BCUT2D eigenvalue weighted by molar-refractivity contribution is 6.35. The number of carbonyl (C=O) groups excluding carboxylic acids is 4. The lowest BCUT2D eigenvalue weighted by atomic mass is 10.0. The fourth-order valence-electron chi connectivity index (χ4n) is 2.67. The minimum atomic E-state index is -2.65.